The third-order valence-electron chi connectivity index (χ3n) is 2.47. The summed E-state index contributed by atoms with van der Waals surface area (Å²) < 4.78 is 0.979. The van der Waals surface area contributed by atoms with Crippen molar-refractivity contribution in [3.63, 3.8) is 0 Å². The van der Waals surface area contributed by atoms with E-state index in [0.717, 1.165) is 21.3 Å². The Kier molecular flexibility index (Phi) is 2.23. The van der Waals surface area contributed by atoms with Gasteiger partial charge in [-0.25, -0.2) is 4.79 Å². The summed E-state index contributed by atoms with van der Waals surface area (Å²) in [6.07, 6.45) is 0.573. The SMILES string of the molecule is Cc1cc(Br)cc2c1CC(C(=O)O)N2. The summed E-state index contributed by atoms with van der Waals surface area (Å²) in [5.41, 5.74) is 3.18. The van der Waals surface area contributed by atoms with Gasteiger partial charge >= 0.3 is 5.97 Å². The van der Waals surface area contributed by atoms with E-state index in [1.54, 1.807) is 0 Å². The Morgan fingerprint density at radius 3 is 3.00 bits per heavy atom. The van der Waals surface area contributed by atoms with Gasteiger partial charge in [-0.3, -0.25) is 0 Å². The summed E-state index contributed by atoms with van der Waals surface area (Å²) >= 11 is 3.39. The molecule has 2 N–H and O–H groups in total. The highest BCUT2D eigenvalue weighted by molar-refractivity contribution is 9.10. The predicted molar refractivity (Wildman–Crippen MR) is 57.6 cm³/mol. The maximum Gasteiger partial charge on any atom is 0.326 e. The second-order valence-electron chi connectivity index (χ2n) is 3.49. The van der Waals surface area contributed by atoms with Crippen molar-refractivity contribution in [2.75, 3.05) is 5.32 Å². The van der Waals surface area contributed by atoms with Crippen LogP contribution >= 0.6 is 15.9 Å². The number of hydrogen-bond acceptors (Lipinski definition) is 2. The first-order valence-electron chi connectivity index (χ1n) is 4.36. The molecule has 0 radical (unpaired) electrons. The fourth-order valence-electron chi connectivity index (χ4n) is 1.76. The molecule has 0 bridgehead atoms. The Labute approximate surface area is 90.3 Å². The number of aryl methyl sites for hydroxylation is 1. The first-order valence-corrected chi connectivity index (χ1v) is 5.15. The van der Waals surface area contributed by atoms with E-state index >= 15 is 0 Å². The monoisotopic (exact) mass is 255 g/mol. The Morgan fingerprint density at radius 1 is 1.64 bits per heavy atom. The summed E-state index contributed by atoms with van der Waals surface area (Å²) in [4.78, 5) is 10.8. The van der Waals surface area contributed by atoms with Crippen LogP contribution in [0.1, 0.15) is 11.1 Å². The van der Waals surface area contributed by atoms with E-state index in [-0.39, 0.29) is 0 Å². The van der Waals surface area contributed by atoms with Crippen molar-refractivity contribution in [1.29, 1.82) is 0 Å². The van der Waals surface area contributed by atoms with Gasteiger partial charge in [-0.1, -0.05) is 15.9 Å². The van der Waals surface area contributed by atoms with E-state index in [4.69, 9.17) is 5.11 Å². The van der Waals surface area contributed by atoms with E-state index in [1.807, 2.05) is 19.1 Å². The fourth-order valence-corrected chi connectivity index (χ4v) is 2.34. The highest BCUT2D eigenvalue weighted by atomic mass is 79.9. The summed E-state index contributed by atoms with van der Waals surface area (Å²) in [6, 6.07) is 3.45. The first-order chi connectivity index (χ1) is 6.58. The number of anilines is 1. The van der Waals surface area contributed by atoms with Crippen LogP contribution in [0.4, 0.5) is 5.69 Å². The van der Waals surface area contributed by atoms with Gasteiger partial charge in [-0.15, -0.1) is 0 Å². The molecule has 1 aliphatic rings. The average molecular weight is 256 g/mol. The number of hydrogen-bond donors (Lipinski definition) is 2. The van der Waals surface area contributed by atoms with Crippen LogP contribution in [-0.2, 0) is 11.2 Å². The number of carboxylic acids is 1. The van der Waals surface area contributed by atoms with Crippen molar-refractivity contribution >= 4 is 27.6 Å². The van der Waals surface area contributed by atoms with Crippen molar-refractivity contribution in [2.45, 2.75) is 19.4 Å². The molecule has 4 heteroatoms. The second kappa shape index (κ2) is 3.28. The highest BCUT2D eigenvalue weighted by Crippen LogP contribution is 2.31. The van der Waals surface area contributed by atoms with Crippen LogP contribution < -0.4 is 5.32 Å². The molecule has 0 aliphatic carbocycles. The second-order valence-corrected chi connectivity index (χ2v) is 4.40. The van der Waals surface area contributed by atoms with Crippen molar-refractivity contribution in [3.8, 4) is 0 Å². The highest BCUT2D eigenvalue weighted by Gasteiger charge is 2.27. The molecule has 1 aliphatic heterocycles. The Hall–Kier alpha value is -1.03. The van der Waals surface area contributed by atoms with Crippen LogP contribution in [0.15, 0.2) is 16.6 Å². The fraction of sp³-hybridized carbons (Fsp3) is 0.300. The summed E-state index contributed by atoms with van der Waals surface area (Å²) in [5, 5.41) is 11.9. The third kappa shape index (κ3) is 1.50. The van der Waals surface area contributed by atoms with E-state index in [2.05, 4.69) is 21.2 Å². The molecule has 0 saturated carbocycles. The minimum atomic E-state index is -0.795. The quantitative estimate of drug-likeness (QED) is 0.809. The lowest BCUT2D eigenvalue weighted by Gasteiger charge is -2.04. The van der Waals surface area contributed by atoms with Crippen molar-refractivity contribution in [1.82, 2.24) is 0 Å². The number of fused-ring (bicyclic) bond motifs is 1. The van der Waals surface area contributed by atoms with Crippen LogP contribution in [-0.4, -0.2) is 17.1 Å². The molecule has 0 spiro atoms. The predicted octanol–water partition coefficient (Wildman–Crippen LogP) is 2.18. The summed E-state index contributed by atoms with van der Waals surface area (Å²) in [5.74, 6) is -0.795. The van der Waals surface area contributed by atoms with Gasteiger partial charge < -0.3 is 10.4 Å². The zero-order chi connectivity index (χ0) is 10.3. The number of nitrogens with one attached hydrogen (secondary N) is 1. The summed E-state index contributed by atoms with van der Waals surface area (Å²) in [7, 11) is 0. The van der Waals surface area contributed by atoms with Crippen LogP contribution in [0.25, 0.3) is 0 Å². The van der Waals surface area contributed by atoms with Crippen molar-refractivity contribution < 1.29 is 9.90 Å². The number of halogens is 1. The zero-order valence-corrected chi connectivity index (χ0v) is 9.26. The standard InChI is InChI=1S/C10H10BrNO2/c1-5-2-6(11)3-8-7(5)4-9(12-8)10(13)14/h2-3,9,12H,4H2,1H3,(H,13,14). The number of aliphatic carboxylic acids is 1. The molecule has 1 heterocycles. The lowest BCUT2D eigenvalue weighted by atomic mass is 10.0. The number of carbonyl (C=O) groups is 1. The van der Waals surface area contributed by atoms with Crippen LogP contribution in [0.2, 0.25) is 0 Å². The molecular formula is C10H10BrNO2. The minimum Gasteiger partial charge on any atom is -0.480 e. The minimum absolute atomic E-state index is 0.474. The average Bonchev–Trinajstić information content (AvgIpc) is 2.47. The third-order valence-corrected chi connectivity index (χ3v) is 2.93. The molecule has 1 atom stereocenters. The van der Waals surface area contributed by atoms with E-state index in [0.29, 0.717) is 6.42 Å². The van der Waals surface area contributed by atoms with Gasteiger partial charge in [0.15, 0.2) is 0 Å². The first kappa shape index (κ1) is 9.52. The summed E-state index contributed by atoms with van der Waals surface area (Å²) in [6.45, 7) is 2.00. The zero-order valence-electron chi connectivity index (χ0n) is 7.67. The molecule has 0 amide bonds. The molecule has 14 heavy (non-hydrogen) atoms. The van der Waals surface area contributed by atoms with Crippen LogP contribution in [0.3, 0.4) is 0 Å². The maximum absolute atomic E-state index is 10.8. The van der Waals surface area contributed by atoms with Crippen molar-refractivity contribution in [3.05, 3.63) is 27.7 Å². The lowest BCUT2D eigenvalue weighted by molar-refractivity contribution is -0.137. The molecule has 74 valence electrons. The molecule has 0 saturated heterocycles. The molecular weight excluding hydrogens is 246 g/mol. The van der Waals surface area contributed by atoms with Gasteiger partial charge in [0.05, 0.1) is 0 Å². The topological polar surface area (TPSA) is 49.3 Å². The lowest BCUT2D eigenvalue weighted by Crippen LogP contribution is -2.26. The van der Waals surface area contributed by atoms with Gasteiger partial charge in [0.1, 0.15) is 6.04 Å². The van der Waals surface area contributed by atoms with Crippen LogP contribution in [0.5, 0.6) is 0 Å². The van der Waals surface area contributed by atoms with Gasteiger partial charge in [-0.2, -0.15) is 0 Å². The molecule has 3 nitrogen and oxygen atoms in total. The molecule has 1 unspecified atom stereocenters. The molecule has 1 aromatic rings. The number of carboxylic acid groups (broad SMARTS) is 1. The smallest absolute Gasteiger partial charge is 0.326 e. The van der Waals surface area contributed by atoms with Gasteiger partial charge in [0.2, 0.25) is 0 Å². The Morgan fingerprint density at radius 2 is 2.36 bits per heavy atom. The van der Waals surface area contributed by atoms with Gasteiger partial charge in [0, 0.05) is 16.6 Å². The van der Waals surface area contributed by atoms with E-state index < -0.39 is 12.0 Å². The Balaban J connectivity index is 2.39. The van der Waals surface area contributed by atoms with Gasteiger partial charge in [-0.05, 0) is 30.2 Å². The molecule has 0 aromatic heterocycles. The van der Waals surface area contributed by atoms with Crippen molar-refractivity contribution in [2.24, 2.45) is 0 Å². The number of benzene rings is 1. The number of rotatable bonds is 1. The molecule has 2 rings (SSSR count). The van der Waals surface area contributed by atoms with E-state index in [9.17, 15) is 4.79 Å². The van der Waals surface area contributed by atoms with Gasteiger partial charge in [0.25, 0.3) is 0 Å². The maximum atomic E-state index is 10.8. The largest absolute Gasteiger partial charge is 0.480 e. The normalized spacial score (nSPS) is 18.9. The Bertz CT molecular complexity index is 403. The van der Waals surface area contributed by atoms with Crippen LogP contribution in [0, 0.1) is 6.92 Å². The molecule has 0 fully saturated rings. The molecule has 1 aromatic carbocycles. The van der Waals surface area contributed by atoms with E-state index in [1.165, 1.54) is 0 Å².